The molecule has 0 aromatic carbocycles. The number of carbonyl (C=O) groups excluding carboxylic acids is 1. The first-order chi connectivity index (χ1) is 13.5. The number of nitrogens with one attached hydrogen (secondary N) is 2. The number of fused-ring (bicyclic) bond motifs is 2. The Hall–Kier alpha value is -4.01. The summed E-state index contributed by atoms with van der Waals surface area (Å²) in [6.45, 7) is 5.61. The Morgan fingerprint density at radius 2 is 2.21 bits per heavy atom. The molecule has 2 N–H and O–H groups in total. The molecule has 4 rings (SSSR count). The quantitative estimate of drug-likeness (QED) is 0.416. The van der Waals surface area contributed by atoms with Gasteiger partial charge in [0.25, 0.3) is 11.5 Å². The van der Waals surface area contributed by atoms with Gasteiger partial charge in [0.2, 0.25) is 0 Å². The number of anilines is 1. The van der Waals surface area contributed by atoms with Gasteiger partial charge in [-0.05, 0) is 25.1 Å². The predicted molar refractivity (Wildman–Crippen MR) is 102 cm³/mol. The Kier molecular flexibility index (Phi) is 4.11. The second-order valence-electron chi connectivity index (χ2n) is 6.17. The summed E-state index contributed by atoms with van der Waals surface area (Å²) < 4.78 is 7.81. The van der Waals surface area contributed by atoms with E-state index in [1.54, 1.807) is 43.5 Å². The Morgan fingerprint density at radius 3 is 2.93 bits per heavy atom. The lowest BCUT2D eigenvalue weighted by Crippen LogP contribution is -2.32. The van der Waals surface area contributed by atoms with Crippen LogP contribution in [-0.2, 0) is 6.54 Å². The predicted octanol–water partition coefficient (Wildman–Crippen LogP) is 1.86. The van der Waals surface area contributed by atoms with Gasteiger partial charge in [-0.25, -0.2) is 4.98 Å². The normalized spacial score (nSPS) is 11.0. The highest BCUT2D eigenvalue weighted by Gasteiger charge is 2.18. The molecule has 9 nitrogen and oxygen atoms in total. The molecule has 0 saturated heterocycles. The number of nitrogens with zero attached hydrogens (tertiary/aromatic N) is 4. The fourth-order valence-electron chi connectivity index (χ4n) is 2.98. The number of aromatic nitrogens is 4. The largest absolute Gasteiger partial charge is 0.360 e. The molecule has 0 unspecified atom stereocenters. The molecule has 0 aliphatic rings. The highest BCUT2D eigenvalue weighted by Crippen LogP contribution is 2.12. The molecule has 28 heavy (non-hydrogen) atoms. The van der Waals surface area contributed by atoms with Gasteiger partial charge in [-0.3, -0.25) is 19.4 Å². The number of allylic oxidation sites excluding steroid dienone is 1. The second kappa shape index (κ2) is 6.62. The number of pyridine rings is 2. The topological polar surface area (TPSA) is 118 Å². The Bertz CT molecular complexity index is 1360. The Balaban J connectivity index is 1.98. The maximum Gasteiger partial charge on any atom is 0.267 e. The summed E-state index contributed by atoms with van der Waals surface area (Å²) in [4.78, 5) is 30.2. The highest BCUT2D eigenvalue weighted by atomic mass is 16.5. The van der Waals surface area contributed by atoms with E-state index in [-0.39, 0.29) is 34.4 Å². The minimum atomic E-state index is -0.574. The van der Waals surface area contributed by atoms with E-state index in [1.165, 1.54) is 15.0 Å². The van der Waals surface area contributed by atoms with Crippen LogP contribution in [0.5, 0.6) is 0 Å². The van der Waals surface area contributed by atoms with E-state index >= 15 is 0 Å². The standard InChI is InChI=1S/C19H16N6O3/c1-3-7-25-16(20)12(18(26)21-14-9-11(2)28-23-14)10-13-17(25)22-15-6-4-5-8-24(15)19(13)27/h3-6,8-10,20H,1,7H2,2H3,(H,21,23,26). The fraction of sp³-hybridized carbons (Fsp3) is 0.105. The SMILES string of the molecule is C=CCn1c(=N)c(C(=O)Nc2cc(C)on2)cc2c(=O)n3ccccc3nc21. The molecule has 4 heterocycles. The van der Waals surface area contributed by atoms with Gasteiger partial charge >= 0.3 is 0 Å². The maximum absolute atomic E-state index is 13.0. The fourth-order valence-corrected chi connectivity index (χ4v) is 2.98. The van der Waals surface area contributed by atoms with Crippen LogP contribution in [0.4, 0.5) is 5.82 Å². The van der Waals surface area contributed by atoms with Crippen LogP contribution in [0.2, 0.25) is 0 Å². The van der Waals surface area contributed by atoms with E-state index in [1.807, 2.05) is 0 Å². The Labute approximate surface area is 158 Å². The lowest BCUT2D eigenvalue weighted by Gasteiger charge is -2.13. The lowest BCUT2D eigenvalue weighted by molar-refractivity contribution is 0.102. The molecule has 0 bridgehead atoms. The summed E-state index contributed by atoms with van der Waals surface area (Å²) in [6.07, 6.45) is 3.18. The molecule has 0 saturated carbocycles. The molecule has 1 amide bonds. The van der Waals surface area contributed by atoms with Crippen molar-refractivity contribution in [3.63, 3.8) is 0 Å². The minimum Gasteiger partial charge on any atom is -0.360 e. The van der Waals surface area contributed by atoms with Crippen molar-refractivity contribution in [2.75, 3.05) is 5.32 Å². The molecule has 9 heteroatoms. The van der Waals surface area contributed by atoms with Crippen LogP contribution in [0.1, 0.15) is 16.1 Å². The van der Waals surface area contributed by atoms with E-state index in [2.05, 4.69) is 22.0 Å². The summed E-state index contributed by atoms with van der Waals surface area (Å²) in [5, 5.41) is 15.0. The van der Waals surface area contributed by atoms with Gasteiger partial charge in [0.15, 0.2) is 5.82 Å². The lowest BCUT2D eigenvalue weighted by atomic mass is 10.2. The number of hydrogen-bond acceptors (Lipinski definition) is 6. The van der Waals surface area contributed by atoms with Crippen LogP contribution in [0.15, 0.2) is 58.5 Å². The molecular formula is C19H16N6O3. The molecule has 0 aliphatic carbocycles. The van der Waals surface area contributed by atoms with Gasteiger partial charge in [0, 0.05) is 18.8 Å². The first kappa shape index (κ1) is 17.4. The van der Waals surface area contributed by atoms with Gasteiger partial charge in [-0.2, -0.15) is 0 Å². The van der Waals surface area contributed by atoms with Crippen molar-refractivity contribution in [2.45, 2.75) is 13.5 Å². The van der Waals surface area contributed by atoms with Gasteiger partial charge in [-0.1, -0.05) is 17.3 Å². The molecular weight excluding hydrogens is 360 g/mol. The number of aryl methyl sites for hydroxylation is 1. The number of amides is 1. The number of carbonyl (C=O) groups is 1. The number of hydrogen-bond donors (Lipinski definition) is 2. The zero-order chi connectivity index (χ0) is 19.8. The van der Waals surface area contributed by atoms with Crippen molar-refractivity contribution >= 4 is 28.4 Å². The van der Waals surface area contributed by atoms with Crippen LogP contribution in [0.3, 0.4) is 0 Å². The summed E-state index contributed by atoms with van der Waals surface area (Å²) in [7, 11) is 0. The van der Waals surface area contributed by atoms with Crippen LogP contribution >= 0.6 is 0 Å². The van der Waals surface area contributed by atoms with Crippen molar-refractivity contribution < 1.29 is 9.32 Å². The summed E-state index contributed by atoms with van der Waals surface area (Å²) in [5.74, 6) is 0.191. The van der Waals surface area contributed by atoms with Crippen LogP contribution < -0.4 is 16.4 Å². The van der Waals surface area contributed by atoms with E-state index in [0.717, 1.165) is 0 Å². The van der Waals surface area contributed by atoms with Crippen molar-refractivity contribution in [3.05, 3.63) is 76.3 Å². The molecule has 4 aromatic heterocycles. The summed E-state index contributed by atoms with van der Waals surface area (Å²) in [6, 6.07) is 8.14. The van der Waals surface area contributed by atoms with E-state index in [0.29, 0.717) is 17.1 Å². The van der Waals surface area contributed by atoms with E-state index < -0.39 is 5.91 Å². The Morgan fingerprint density at radius 1 is 1.39 bits per heavy atom. The van der Waals surface area contributed by atoms with Gasteiger partial charge < -0.3 is 14.4 Å². The van der Waals surface area contributed by atoms with Gasteiger partial charge in [0.05, 0.1) is 10.9 Å². The van der Waals surface area contributed by atoms with Gasteiger partial charge in [-0.15, -0.1) is 6.58 Å². The molecule has 0 atom stereocenters. The van der Waals surface area contributed by atoms with Crippen LogP contribution in [0, 0.1) is 12.3 Å². The molecule has 0 radical (unpaired) electrons. The molecule has 0 fully saturated rings. The van der Waals surface area contributed by atoms with Gasteiger partial charge in [0.1, 0.15) is 22.5 Å². The third-order valence-electron chi connectivity index (χ3n) is 4.24. The van der Waals surface area contributed by atoms with E-state index in [4.69, 9.17) is 9.93 Å². The average molecular weight is 376 g/mol. The van der Waals surface area contributed by atoms with Crippen molar-refractivity contribution in [1.82, 2.24) is 19.1 Å². The first-order valence-corrected chi connectivity index (χ1v) is 8.44. The third kappa shape index (κ3) is 2.78. The zero-order valence-corrected chi connectivity index (χ0v) is 15.0. The van der Waals surface area contributed by atoms with Crippen LogP contribution in [0.25, 0.3) is 16.7 Å². The third-order valence-corrected chi connectivity index (χ3v) is 4.24. The first-order valence-electron chi connectivity index (χ1n) is 8.44. The van der Waals surface area contributed by atoms with Crippen molar-refractivity contribution in [3.8, 4) is 0 Å². The molecule has 0 spiro atoms. The smallest absolute Gasteiger partial charge is 0.267 e. The minimum absolute atomic E-state index is 0.0183. The van der Waals surface area contributed by atoms with Crippen molar-refractivity contribution in [1.29, 1.82) is 5.41 Å². The van der Waals surface area contributed by atoms with Crippen molar-refractivity contribution in [2.24, 2.45) is 0 Å². The van der Waals surface area contributed by atoms with Crippen LogP contribution in [-0.4, -0.2) is 25.0 Å². The molecule has 4 aromatic rings. The second-order valence-corrected chi connectivity index (χ2v) is 6.17. The average Bonchev–Trinajstić information content (AvgIpc) is 3.09. The maximum atomic E-state index is 13.0. The van der Waals surface area contributed by atoms with E-state index in [9.17, 15) is 9.59 Å². The number of rotatable bonds is 4. The zero-order valence-electron chi connectivity index (χ0n) is 15.0. The highest BCUT2D eigenvalue weighted by molar-refractivity contribution is 6.05. The molecule has 0 aliphatic heterocycles. The molecule has 140 valence electrons. The monoisotopic (exact) mass is 376 g/mol. The summed E-state index contributed by atoms with van der Waals surface area (Å²) in [5.41, 5.74) is 0.370. The summed E-state index contributed by atoms with van der Waals surface area (Å²) >= 11 is 0.